The molecule has 21 heavy (non-hydrogen) atoms. The summed E-state index contributed by atoms with van der Waals surface area (Å²) in [5.41, 5.74) is -0.173. The maximum atomic E-state index is 12.2. The Balaban J connectivity index is 3.18. The number of rotatable bonds is 6. The highest BCUT2D eigenvalue weighted by atomic mass is 16.5. The van der Waals surface area contributed by atoms with Gasteiger partial charge in [0.2, 0.25) is 5.92 Å². The molecule has 0 spiro atoms. The van der Waals surface area contributed by atoms with Gasteiger partial charge in [-0.15, -0.1) is 0 Å². The maximum Gasteiger partial charge on any atom is 0.328 e. The van der Waals surface area contributed by atoms with Crippen LogP contribution in [0.2, 0.25) is 0 Å². The molecule has 0 aliphatic heterocycles. The molecule has 0 saturated heterocycles. The zero-order valence-corrected chi connectivity index (χ0v) is 11.5. The molecule has 0 amide bonds. The molecule has 1 atom stereocenters. The van der Waals surface area contributed by atoms with Crippen molar-refractivity contribution in [1.29, 1.82) is 0 Å². The van der Waals surface area contributed by atoms with Crippen molar-refractivity contribution in [2.75, 3.05) is 6.61 Å². The predicted molar refractivity (Wildman–Crippen MR) is 69.8 cm³/mol. The van der Waals surface area contributed by atoms with Crippen molar-refractivity contribution in [3.05, 3.63) is 29.8 Å². The Morgan fingerprint density at radius 2 is 1.81 bits per heavy atom. The average molecular weight is 294 g/mol. The normalized spacial score (nSPS) is 11.3. The molecule has 1 aromatic rings. The van der Waals surface area contributed by atoms with Gasteiger partial charge in [0.1, 0.15) is 5.75 Å². The van der Waals surface area contributed by atoms with Gasteiger partial charge in [0.25, 0.3) is 0 Å². The summed E-state index contributed by atoms with van der Waals surface area (Å²) in [7, 11) is 0. The molecule has 0 aliphatic carbocycles. The fourth-order valence-electron chi connectivity index (χ4n) is 1.62. The summed E-state index contributed by atoms with van der Waals surface area (Å²) in [6, 6.07) is 5.58. The summed E-state index contributed by atoms with van der Waals surface area (Å²) in [5, 5.41) is 9.05. The number of ketones is 1. The fraction of sp³-hybridized carbons (Fsp3) is 0.286. The molecule has 0 heterocycles. The van der Waals surface area contributed by atoms with Gasteiger partial charge in [0.15, 0.2) is 5.78 Å². The third-order valence-electron chi connectivity index (χ3n) is 2.44. The predicted octanol–water partition coefficient (Wildman–Crippen LogP) is 1.06. The van der Waals surface area contributed by atoms with E-state index in [9.17, 15) is 19.2 Å². The van der Waals surface area contributed by atoms with E-state index in [0.717, 1.165) is 6.92 Å². The van der Waals surface area contributed by atoms with Crippen LogP contribution in [0.3, 0.4) is 0 Å². The number of Topliss-reactive ketones (excluding diaryl/α,β-unsaturated/α-hetero) is 1. The molecule has 0 aliphatic rings. The van der Waals surface area contributed by atoms with E-state index in [2.05, 4.69) is 4.74 Å². The lowest BCUT2D eigenvalue weighted by molar-refractivity contribution is -0.155. The van der Waals surface area contributed by atoms with E-state index in [4.69, 9.17) is 9.84 Å². The number of benzene rings is 1. The zero-order valence-electron chi connectivity index (χ0n) is 11.5. The number of esters is 2. The second-order valence-electron chi connectivity index (χ2n) is 3.98. The van der Waals surface area contributed by atoms with Gasteiger partial charge in [0.05, 0.1) is 12.2 Å². The topological polar surface area (TPSA) is 107 Å². The van der Waals surface area contributed by atoms with Gasteiger partial charge in [-0.2, -0.15) is 0 Å². The first-order valence-corrected chi connectivity index (χ1v) is 6.09. The lowest BCUT2D eigenvalue weighted by Crippen LogP contribution is -2.33. The Kier molecular flexibility index (Phi) is 5.59. The SMILES string of the molecule is CCOC(=O)C(C(=O)O)C(=O)c1ccccc1OC(C)=O. The van der Waals surface area contributed by atoms with Crippen molar-refractivity contribution in [3.63, 3.8) is 0 Å². The third kappa shape index (κ3) is 4.13. The number of carboxylic acids is 1. The smallest absolute Gasteiger partial charge is 0.328 e. The number of hydrogen-bond donors (Lipinski definition) is 1. The number of carboxylic acid groups (broad SMARTS) is 1. The molecular formula is C14H14O7. The van der Waals surface area contributed by atoms with Crippen molar-refractivity contribution in [3.8, 4) is 5.75 Å². The van der Waals surface area contributed by atoms with Crippen LogP contribution in [0.15, 0.2) is 24.3 Å². The first-order valence-electron chi connectivity index (χ1n) is 6.09. The summed E-state index contributed by atoms with van der Waals surface area (Å²) in [5.74, 6) is -6.56. The third-order valence-corrected chi connectivity index (χ3v) is 2.44. The van der Waals surface area contributed by atoms with Gasteiger partial charge < -0.3 is 14.6 Å². The van der Waals surface area contributed by atoms with Crippen LogP contribution >= 0.6 is 0 Å². The Hall–Kier alpha value is -2.70. The highest BCUT2D eigenvalue weighted by molar-refractivity contribution is 6.21. The van der Waals surface area contributed by atoms with Crippen molar-refractivity contribution >= 4 is 23.7 Å². The first kappa shape index (κ1) is 16.4. The maximum absolute atomic E-state index is 12.2. The summed E-state index contributed by atoms with van der Waals surface area (Å²) in [4.78, 5) is 46.0. The largest absolute Gasteiger partial charge is 0.480 e. The number of carbonyl (C=O) groups is 4. The molecule has 112 valence electrons. The zero-order chi connectivity index (χ0) is 16.0. The molecule has 0 fully saturated rings. The van der Waals surface area contributed by atoms with E-state index in [1.807, 2.05) is 0 Å². The number of hydrogen-bond acceptors (Lipinski definition) is 6. The monoisotopic (exact) mass is 294 g/mol. The molecule has 1 aromatic carbocycles. The highest BCUT2D eigenvalue weighted by Crippen LogP contribution is 2.22. The molecule has 0 aromatic heterocycles. The van der Waals surface area contributed by atoms with E-state index in [1.54, 1.807) is 0 Å². The molecule has 1 rings (SSSR count). The van der Waals surface area contributed by atoms with Crippen molar-refractivity contribution in [2.24, 2.45) is 5.92 Å². The number of aliphatic carboxylic acids is 1. The lowest BCUT2D eigenvalue weighted by atomic mass is 9.97. The van der Waals surface area contributed by atoms with Crippen LogP contribution in [-0.4, -0.2) is 35.4 Å². The Morgan fingerprint density at radius 1 is 1.19 bits per heavy atom. The number of ether oxygens (including phenoxy) is 2. The van der Waals surface area contributed by atoms with E-state index >= 15 is 0 Å². The van der Waals surface area contributed by atoms with Gasteiger partial charge in [-0.25, -0.2) is 0 Å². The summed E-state index contributed by atoms with van der Waals surface area (Å²) >= 11 is 0. The van der Waals surface area contributed by atoms with Gasteiger partial charge in [-0.05, 0) is 19.1 Å². The molecule has 0 radical (unpaired) electrons. The van der Waals surface area contributed by atoms with Crippen molar-refractivity contribution in [1.82, 2.24) is 0 Å². The van der Waals surface area contributed by atoms with E-state index in [0.29, 0.717) is 0 Å². The fourth-order valence-corrected chi connectivity index (χ4v) is 1.62. The van der Waals surface area contributed by atoms with Crippen LogP contribution in [0.4, 0.5) is 0 Å². The number of para-hydroxylation sites is 1. The second-order valence-corrected chi connectivity index (χ2v) is 3.98. The van der Waals surface area contributed by atoms with Gasteiger partial charge in [-0.3, -0.25) is 19.2 Å². The highest BCUT2D eigenvalue weighted by Gasteiger charge is 2.37. The minimum atomic E-state index is -2.00. The van der Waals surface area contributed by atoms with Crippen LogP contribution in [0, 0.1) is 5.92 Å². The molecule has 0 saturated carbocycles. The minimum Gasteiger partial charge on any atom is -0.480 e. The second kappa shape index (κ2) is 7.18. The van der Waals surface area contributed by atoms with Crippen molar-refractivity contribution < 1.29 is 33.8 Å². The summed E-state index contributed by atoms with van der Waals surface area (Å²) in [6.45, 7) is 2.58. The molecule has 1 unspecified atom stereocenters. The first-order chi connectivity index (χ1) is 9.88. The van der Waals surface area contributed by atoms with Crippen LogP contribution in [0.5, 0.6) is 5.75 Å². The van der Waals surface area contributed by atoms with E-state index in [1.165, 1.54) is 31.2 Å². The molecule has 7 nitrogen and oxygen atoms in total. The van der Waals surface area contributed by atoms with Gasteiger partial charge in [0, 0.05) is 6.92 Å². The van der Waals surface area contributed by atoms with Crippen LogP contribution in [-0.2, 0) is 19.1 Å². The minimum absolute atomic E-state index is 0.0541. The van der Waals surface area contributed by atoms with Crippen LogP contribution in [0.25, 0.3) is 0 Å². The number of carbonyl (C=O) groups excluding carboxylic acids is 3. The molecular weight excluding hydrogens is 280 g/mol. The van der Waals surface area contributed by atoms with Gasteiger partial charge in [-0.1, -0.05) is 12.1 Å². The Morgan fingerprint density at radius 3 is 2.33 bits per heavy atom. The molecule has 7 heteroatoms. The summed E-state index contributed by atoms with van der Waals surface area (Å²) in [6.07, 6.45) is 0. The average Bonchev–Trinajstić information content (AvgIpc) is 2.38. The van der Waals surface area contributed by atoms with E-state index < -0.39 is 29.6 Å². The Labute approximate surface area is 120 Å². The molecule has 0 bridgehead atoms. The van der Waals surface area contributed by atoms with Crippen LogP contribution < -0.4 is 4.74 Å². The van der Waals surface area contributed by atoms with Gasteiger partial charge >= 0.3 is 17.9 Å². The van der Waals surface area contributed by atoms with Crippen LogP contribution in [0.1, 0.15) is 24.2 Å². The van der Waals surface area contributed by atoms with Crippen molar-refractivity contribution in [2.45, 2.75) is 13.8 Å². The van der Waals surface area contributed by atoms with E-state index in [-0.39, 0.29) is 17.9 Å². The summed E-state index contributed by atoms with van der Waals surface area (Å²) < 4.78 is 9.41. The molecule has 1 N–H and O–H groups in total. The quantitative estimate of drug-likeness (QED) is 0.362. The standard InChI is InChI=1S/C14H14O7/c1-3-20-14(19)11(13(17)18)12(16)9-6-4-5-7-10(9)21-8(2)15/h4-7,11H,3H2,1-2H3,(H,17,18). The Bertz CT molecular complexity index is 576. The lowest BCUT2D eigenvalue weighted by Gasteiger charge is -2.12.